The Morgan fingerprint density at radius 2 is 1.60 bits per heavy atom. The molecule has 0 spiro atoms. The highest BCUT2D eigenvalue weighted by molar-refractivity contribution is 7.99. The highest BCUT2D eigenvalue weighted by atomic mass is 32.2. The largest absolute Gasteiger partial charge is 0.451 e. The van der Waals surface area contributed by atoms with Crippen LogP contribution in [-0.2, 0) is 13.2 Å². The average Bonchev–Trinajstić information content (AvgIpc) is 2.95. The third-order valence-corrected chi connectivity index (χ3v) is 5.21. The molecule has 0 aliphatic heterocycles. The summed E-state index contributed by atoms with van der Waals surface area (Å²) in [4.78, 5) is 0. The van der Waals surface area contributed by atoms with Gasteiger partial charge in [0.2, 0.25) is 5.82 Å². The van der Waals surface area contributed by atoms with Crippen molar-refractivity contribution in [2.45, 2.75) is 23.5 Å². The van der Waals surface area contributed by atoms with Gasteiger partial charge in [-0.05, 0) is 23.6 Å². The normalized spacial score (nSPS) is 13.0. The maximum atomic E-state index is 13.0. The lowest BCUT2D eigenvalue weighted by molar-refractivity contribution is -0.147. The molecule has 1 unspecified atom stereocenters. The Morgan fingerprint density at radius 3 is 2.20 bits per heavy atom. The highest BCUT2D eigenvalue weighted by Crippen LogP contribution is 2.41. The first-order valence-electron chi connectivity index (χ1n) is 7.61. The predicted octanol–water partition coefficient (Wildman–Crippen LogP) is 5.02. The Kier molecular flexibility index (Phi) is 4.85. The molecule has 130 valence electrons. The molecule has 1 aromatic heterocycles. The van der Waals surface area contributed by atoms with Crippen LogP contribution in [0, 0.1) is 6.92 Å². The lowest BCUT2D eigenvalue weighted by Gasteiger charge is -2.19. The van der Waals surface area contributed by atoms with E-state index in [-0.39, 0.29) is 10.4 Å². The molecule has 7 heteroatoms. The van der Waals surface area contributed by atoms with Gasteiger partial charge in [-0.1, -0.05) is 66.4 Å². The minimum absolute atomic E-state index is 0.175. The number of benzene rings is 2. The van der Waals surface area contributed by atoms with E-state index in [1.165, 1.54) is 18.8 Å². The number of rotatable bonds is 4. The van der Waals surface area contributed by atoms with Gasteiger partial charge >= 0.3 is 6.18 Å². The van der Waals surface area contributed by atoms with Crippen LogP contribution in [0.4, 0.5) is 13.2 Å². The summed E-state index contributed by atoms with van der Waals surface area (Å²) in [5.41, 5.74) is 3.11. The van der Waals surface area contributed by atoms with E-state index in [1.54, 1.807) is 0 Å². The summed E-state index contributed by atoms with van der Waals surface area (Å²) in [6, 6.07) is 17.5. The summed E-state index contributed by atoms with van der Waals surface area (Å²) in [6.45, 7) is 1.99. The molecule has 3 nitrogen and oxygen atoms in total. The number of hydrogen-bond acceptors (Lipinski definition) is 3. The van der Waals surface area contributed by atoms with E-state index >= 15 is 0 Å². The van der Waals surface area contributed by atoms with Crippen molar-refractivity contribution in [1.82, 2.24) is 14.8 Å². The van der Waals surface area contributed by atoms with Gasteiger partial charge in [0.05, 0.1) is 5.25 Å². The molecule has 0 N–H and O–H groups in total. The second-order valence-electron chi connectivity index (χ2n) is 5.63. The molecule has 0 radical (unpaired) electrons. The Morgan fingerprint density at radius 1 is 0.960 bits per heavy atom. The molecule has 0 aliphatic carbocycles. The smallest absolute Gasteiger partial charge is 0.302 e. The van der Waals surface area contributed by atoms with Crippen molar-refractivity contribution in [3.8, 4) is 0 Å². The van der Waals surface area contributed by atoms with E-state index in [9.17, 15) is 13.2 Å². The van der Waals surface area contributed by atoms with Crippen LogP contribution in [0.2, 0.25) is 0 Å². The van der Waals surface area contributed by atoms with Crippen LogP contribution in [0.3, 0.4) is 0 Å². The van der Waals surface area contributed by atoms with Crippen LogP contribution in [0.1, 0.15) is 27.8 Å². The molecule has 0 bridgehead atoms. The molecule has 0 saturated carbocycles. The van der Waals surface area contributed by atoms with Crippen LogP contribution >= 0.6 is 11.8 Å². The van der Waals surface area contributed by atoms with Gasteiger partial charge in [0, 0.05) is 7.05 Å². The quantitative estimate of drug-likeness (QED) is 0.610. The first-order chi connectivity index (χ1) is 11.9. The number of hydrogen-bond donors (Lipinski definition) is 0. The van der Waals surface area contributed by atoms with Gasteiger partial charge in [0.1, 0.15) is 0 Å². The molecule has 3 aromatic rings. The first-order valence-corrected chi connectivity index (χ1v) is 8.49. The van der Waals surface area contributed by atoms with Gasteiger partial charge < -0.3 is 4.57 Å². The molecule has 25 heavy (non-hydrogen) atoms. The van der Waals surface area contributed by atoms with Crippen molar-refractivity contribution in [3.63, 3.8) is 0 Å². The topological polar surface area (TPSA) is 30.7 Å². The van der Waals surface area contributed by atoms with Gasteiger partial charge in [-0.15, -0.1) is 10.2 Å². The molecule has 3 rings (SSSR count). The summed E-state index contributed by atoms with van der Waals surface area (Å²) in [5, 5.41) is 7.13. The number of halogens is 3. The lowest BCUT2D eigenvalue weighted by Crippen LogP contribution is -2.13. The molecule has 0 fully saturated rings. The summed E-state index contributed by atoms with van der Waals surface area (Å²) < 4.78 is 39.9. The lowest BCUT2D eigenvalue weighted by atomic mass is 10.0. The SMILES string of the molecule is Cc1ccccc1C(Sc1nnc(C(F)(F)F)n1C)c1ccccc1. The number of aromatic nitrogens is 3. The number of nitrogens with zero attached hydrogens (tertiary/aromatic N) is 3. The first kappa shape index (κ1) is 17.5. The minimum atomic E-state index is -4.52. The zero-order chi connectivity index (χ0) is 18.0. The fourth-order valence-corrected chi connectivity index (χ4v) is 3.82. The van der Waals surface area contributed by atoms with Crippen molar-refractivity contribution in [2.75, 3.05) is 0 Å². The Labute approximate surface area is 147 Å². The number of aryl methyl sites for hydroxylation is 1. The van der Waals surface area contributed by atoms with Gasteiger partial charge in [-0.25, -0.2) is 0 Å². The van der Waals surface area contributed by atoms with E-state index in [1.807, 2.05) is 61.5 Å². The van der Waals surface area contributed by atoms with Crippen LogP contribution in [0.15, 0.2) is 59.8 Å². The van der Waals surface area contributed by atoms with Gasteiger partial charge in [0.25, 0.3) is 0 Å². The molecule has 1 heterocycles. The average molecular weight is 363 g/mol. The zero-order valence-electron chi connectivity index (χ0n) is 13.7. The van der Waals surface area contributed by atoms with Crippen molar-refractivity contribution in [2.24, 2.45) is 7.05 Å². The maximum Gasteiger partial charge on any atom is 0.451 e. The summed E-state index contributed by atoms with van der Waals surface area (Å²) in [6.07, 6.45) is -4.52. The second kappa shape index (κ2) is 6.92. The predicted molar refractivity (Wildman–Crippen MR) is 91.3 cm³/mol. The van der Waals surface area contributed by atoms with E-state index in [2.05, 4.69) is 10.2 Å². The summed E-state index contributed by atoms with van der Waals surface area (Å²) >= 11 is 1.26. The molecular formula is C18H16F3N3S. The maximum absolute atomic E-state index is 13.0. The molecule has 0 aliphatic rings. The van der Waals surface area contributed by atoms with Crippen molar-refractivity contribution >= 4 is 11.8 Å². The third kappa shape index (κ3) is 3.71. The Balaban J connectivity index is 2.03. The van der Waals surface area contributed by atoms with E-state index in [0.717, 1.165) is 21.3 Å². The minimum Gasteiger partial charge on any atom is -0.302 e. The molecule has 1 atom stereocenters. The highest BCUT2D eigenvalue weighted by Gasteiger charge is 2.38. The molecule has 0 saturated heterocycles. The van der Waals surface area contributed by atoms with Crippen LogP contribution in [0.25, 0.3) is 0 Å². The van der Waals surface area contributed by atoms with E-state index in [4.69, 9.17) is 0 Å². The number of alkyl halides is 3. The molecule has 0 amide bonds. The van der Waals surface area contributed by atoms with Gasteiger partial charge in [-0.2, -0.15) is 13.2 Å². The summed E-state index contributed by atoms with van der Waals surface area (Å²) in [5.74, 6) is -0.994. The van der Waals surface area contributed by atoms with E-state index in [0.29, 0.717) is 0 Å². The Bertz CT molecular complexity index is 860. The Hall–Kier alpha value is -2.28. The molecule has 2 aromatic carbocycles. The number of thioether (sulfide) groups is 1. The van der Waals surface area contributed by atoms with Crippen LogP contribution < -0.4 is 0 Å². The monoisotopic (exact) mass is 363 g/mol. The third-order valence-electron chi connectivity index (χ3n) is 3.88. The van der Waals surface area contributed by atoms with Crippen molar-refractivity contribution < 1.29 is 13.2 Å². The zero-order valence-corrected chi connectivity index (χ0v) is 14.5. The standard InChI is InChI=1S/C18H16F3N3S/c1-12-8-6-7-11-14(12)15(13-9-4-3-5-10-13)25-17-23-22-16(24(17)2)18(19,20)21/h3-11,15H,1-2H3. The fraction of sp³-hybridized carbons (Fsp3) is 0.222. The summed E-state index contributed by atoms with van der Waals surface area (Å²) in [7, 11) is 1.34. The van der Waals surface area contributed by atoms with Crippen LogP contribution in [0.5, 0.6) is 0 Å². The van der Waals surface area contributed by atoms with Gasteiger partial charge in [0.15, 0.2) is 5.16 Å². The van der Waals surface area contributed by atoms with Crippen molar-refractivity contribution in [3.05, 3.63) is 77.1 Å². The second-order valence-corrected chi connectivity index (χ2v) is 6.70. The van der Waals surface area contributed by atoms with E-state index < -0.39 is 12.0 Å². The molecular weight excluding hydrogens is 347 g/mol. The fourth-order valence-electron chi connectivity index (χ4n) is 2.59. The van der Waals surface area contributed by atoms with Gasteiger partial charge in [-0.3, -0.25) is 0 Å². The van der Waals surface area contributed by atoms with Crippen LogP contribution in [-0.4, -0.2) is 14.8 Å². The van der Waals surface area contributed by atoms with Crippen molar-refractivity contribution in [1.29, 1.82) is 0 Å².